The highest BCUT2D eigenvalue weighted by Crippen LogP contribution is 2.33. The maximum absolute atomic E-state index is 5.60. The Hall–Kier alpha value is -1.85. The first-order valence-electron chi connectivity index (χ1n) is 4.97. The molecule has 2 aromatic rings. The van der Waals surface area contributed by atoms with Crippen molar-refractivity contribution >= 4 is 22.8 Å². The van der Waals surface area contributed by atoms with Gasteiger partial charge in [0.25, 0.3) is 0 Å². The largest absolute Gasteiger partial charge is 0.368 e. The van der Waals surface area contributed by atoms with Crippen LogP contribution in [0.4, 0.5) is 11.8 Å². The zero-order valence-electron chi connectivity index (χ0n) is 8.36. The Bertz CT molecular complexity index is 504. The third kappa shape index (κ3) is 1.38. The molecule has 6 nitrogen and oxygen atoms in total. The Morgan fingerprint density at radius 1 is 1.53 bits per heavy atom. The molecule has 1 fully saturated rings. The molecule has 0 aromatic carbocycles. The van der Waals surface area contributed by atoms with E-state index >= 15 is 0 Å². The van der Waals surface area contributed by atoms with Gasteiger partial charge >= 0.3 is 0 Å². The molecule has 1 saturated carbocycles. The van der Waals surface area contributed by atoms with Gasteiger partial charge in [-0.3, -0.25) is 5.10 Å². The summed E-state index contributed by atoms with van der Waals surface area (Å²) in [6.45, 7) is 2.20. The first-order valence-corrected chi connectivity index (χ1v) is 4.97. The number of H-pyrrole nitrogens is 1. The number of nitrogen functional groups attached to an aromatic ring is 1. The van der Waals surface area contributed by atoms with E-state index in [0.29, 0.717) is 17.6 Å². The Kier molecular flexibility index (Phi) is 1.59. The second-order valence-corrected chi connectivity index (χ2v) is 4.03. The Balaban J connectivity index is 2.03. The standard InChI is InChI=1S/C9H12N6/c1-4-2-6(4)12-7-5-3-11-15-8(5)14-9(10)13-7/h3-4,6H,2H2,1H3,(H4,10,11,12,13,14,15). The van der Waals surface area contributed by atoms with Crippen molar-refractivity contribution in [1.29, 1.82) is 0 Å². The highest BCUT2D eigenvalue weighted by molar-refractivity contribution is 5.87. The minimum atomic E-state index is 0.266. The number of rotatable bonds is 2. The minimum Gasteiger partial charge on any atom is -0.368 e. The lowest BCUT2D eigenvalue weighted by Gasteiger charge is -2.05. The molecule has 2 aromatic heterocycles. The van der Waals surface area contributed by atoms with Crippen LogP contribution < -0.4 is 11.1 Å². The lowest BCUT2D eigenvalue weighted by molar-refractivity contribution is 0.924. The Morgan fingerprint density at radius 3 is 3.07 bits per heavy atom. The lowest BCUT2D eigenvalue weighted by Crippen LogP contribution is -2.07. The molecular weight excluding hydrogens is 192 g/mol. The Labute approximate surface area is 86.3 Å². The molecule has 0 amide bonds. The number of nitrogens with two attached hydrogens (primary N) is 1. The van der Waals surface area contributed by atoms with Crippen LogP contribution in [-0.4, -0.2) is 26.2 Å². The van der Waals surface area contributed by atoms with Crippen molar-refractivity contribution in [3.05, 3.63) is 6.20 Å². The number of nitrogens with one attached hydrogen (secondary N) is 2. The van der Waals surface area contributed by atoms with Crippen molar-refractivity contribution in [3.8, 4) is 0 Å². The van der Waals surface area contributed by atoms with E-state index in [1.54, 1.807) is 6.20 Å². The van der Waals surface area contributed by atoms with Gasteiger partial charge in [0.15, 0.2) is 5.65 Å². The number of hydrogen-bond donors (Lipinski definition) is 3. The zero-order chi connectivity index (χ0) is 10.4. The monoisotopic (exact) mass is 204 g/mol. The van der Waals surface area contributed by atoms with Gasteiger partial charge in [0.1, 0.15) is 5.82 Å². The number of fused-ring (bicyclic) bond motifs is 1. The van der Waals surface area contributed by atoms with Crippen LogP contribution in [0.5, 0.6) is 0 Å². The topological polar surface area (TPSA) is 92.5 Å². The van der Waals surface area contributed by atoms with Crippen LogP contribution in [0.25, 0.3) is 11.0 Å². The van der Waals surface area contributed by atoms with E-state index in [1.165, 1.54) is 6.42 Å². The highest BCUT2D eigenvalue weighted by atomic mass is 15.2. The second-order valence-electron chi connectivity index (χ2n) is 4.03. The van der Waals surface area contributed by atoms with Gasteiger partial charge in [-0.2, -0.15) is 15.1 Å². The number of aromatic nitrogens is 4. The third-order valence-corrected chi connectivity index (χ3v) is 2.76. The summed E-state index contributed by atoms with van der Waals surface area (Å²) in [7, 11) is 0. The second kappa shape index (κ2) is 2.82. The summed E-state index contributed by atoms with van der Waals surface area (Å²) >= 11 is 0. The van der Waals surface area contributed by atoms with Gasteiger partial charge in [0, 0.05) is 6.04 Å². The Morgan fingerprint density at radius 2 is 2.33 bits per heavy atom. The van der Waals surface area contributed by atoms with Crippen LogP contribution in [0.2, 0.25) is 0 Å². The van der Waals surface area contributed by atoms with E-state index in [4.69, 9.17) is 5.73 Å². The maximum atomic E-state index is 5.60. The van der Waals surface area contributed by atoms with Crippen molar-refractivity contribution in [1.82, 2.24) is 20.2 Å². The molecule has 0 radical (unpaired) electrons. The number of nitrogens with zero attached hydrogens (tertiary/aromatic N) is 3. The molecule has 1 aliphatic rings. The van der Waals surface area contributed by atoms with Crippen LogP contribution in [-0.2, 0) is 0 Å². The van der Waals surface area contributed by atoms with E-state index in [9.17, 15) is 0 Å². The van der Waals surface area contributed by atoms with Gasteiger partial charge in [0.2, 0.25) is 5.95 Å². The van der Waals surface area contributed by atoms with Crippen LogP contribution in [0, 0.1) is 5.92 Å². The zero-order valence-corrected chi connectivity index (χ0v) is 8.36. The highest BCUT2D eigenvalue weighted by Gasteiger charge is 2.33. The molecular formula is C9H12N6. The molecule has 4 N–H and O–H groups in total. The third-order valence-electron chi connectivity index (χ3n) is 2.76. The first-order chi connectivity index (χ1) is 7.24. The molecule has 6 heteroatoms. The number of anilines is 2. The summed E-state index contributed by atoms with van der Waals surface area (Å²) in [6, 6.07) is 0.511. The van der Waals surface area contributed by atoms with E-state index in [1.807, 2.05) is 0 Å². The summed E-state index contributed by atoms with van der Waals surface area (Å²) in [5.74, 6) is 1.76. The van der Waals surface area contributed by atoms with E-state index in [2.05, 4.69) is 32.4 Å². The quantitative estimate of drug-likeness (QED) is 0.671. The van der Waals surface area contributed by atoms with E-state index in [0.717, 1.165) is 11.2 Å². The molecule has 0 bridgehead atoms. The van der Waals surface area contributed by atoms with Crippen LogP contribution in [0.1, 0.15) is 13.3 Å². The first kappa shape index (κ1) is 8.46. The fourth-order valence-corrected chi connectivity index (χ4v) is 1.66. The lowest BCUT2D eigenvalue weighted by atomic mass is 10.4. The van der Waals surface area contributed by atoms with Crippen molar-refractivity contribution < 1.29 is 0 Å². The normalized spacial score (nSPS) is 24.3. The number of hydrogen-bond acceptors (Lipinski definition) is 5. The molecule has 0 spiro atoms. The summed E-state index contributed by atoms with van der Waals surface area (Å²) in [4.78, 5) is 8.24. The molecule has 2 heterocycles. The molecule has 0 saturated heterocycles. The predicted octanol–water partition coefficient (Wildman–Crippen LogP) is 0.755. The van der Waals surface area contributed by atoms with Crippen molar-refractivity contribution in [2.75, 3.05) is 11.1 Å². The summed E-state index contributed by atoms with van der Waals surface area (Å²) in [6.07, 6.45) is 2.90. The smallest absolute Gasteiger partial charge is 0.224 e. The van der Waals surface area contributed by atoms with Crippen LogP contribution in [0.15, 0.2) is 6.20 Å². The van der Waals surface area contributed by atoms with Gasteiger partial charge in [0.05, 0.1) is 11.6 Å². The van der Waals surface area contributed by atoms with Gasteiger partial charge in [-0.25, -0.2) is 0 Å². The summed E-state index contributed by atoms with van der Waals surface area (Å²) in [5, 5.41) is 10.9. The average molecular weight is 204 g/mol. The molecule has 1 aliphatic carbocycles. The van der Waals surface area contributed by atoms with Gasteiger partial charge < -0.3 is 11.1 Å². The molecule has 15 heavy (non-hydrogen) atoms. The van der Waals surface area contributed by atoms with Gasteiger partial charge in [-0.1, -0.05) is 6.92 Å². The average Bonchev–Trinajstić information content (AvgIpc) is 2.71. The van der Waals surface area contributed by atoms with Gasteiger partial charge in [-0.05, 0) is 12.3 Å². The maximum Gasteiger partial charge on any atom is 0.224 e. The number of aromatic amines is 1. The van der Waals surface area contributed by atoms with Crippen LogP contribution in [0.3, 0.4) is 0 Å². The SMILES string of the molecule is CC1CC1Nc1nc(N)nc2[nH]ncc12. The van der Waals surface area contributed by atoms with Crippen LogP contribution >= 0.6 is 0 Å². The fraction of sp³-hybridized carbons (Fsp3) is 0.444. The summed E-state index contributed by atoms with van der Waals surface area (Å²) < 4.78 is 0. The molecule has 2 atom stereocenters. The molecule has 3 rings (SSSR count). The fourth-order valence-electron chi connectivity index (χ4n) is 1.66. The van der Waals surface area contributed by atoms with Crippen molar-refractivity contribution in [2.45, 2.75) is 19.4 Å². The van der Waals surface area contributed by atoms with Crippen molar-refractivity contribution in [2.24, 2.45) is 5.92 Å². The molecule has 0 aliphatic heterocycles. The predicted molar refractivity (Wildman–Crippen MR) is 57.3 cm³/mol. The van der Waals surface area contributed by atoms with Crippen molar-refractivity contribution in [3.63, 3.8) is 0 Å². The minimum absolute atomic E-state index is 0.266. The van der Waals surface area contributed by atoms with E-state index < -0.39 is 0 Å². The van der Waals surface area contributed by atoms with Gasteiger partial charge in [-0.15, -0.1) is 0 Å². The van der Waals surface area contributed by atoms with E-state index in [-0.39, 0.29) is 5.95 Å². The molecule has 78 valence electrons. The molecule has 2 unspecified atom stereocenters. The summed E-state index contributed by atoms with van der Waals surface area (Å²) in [5.41, 5.74) is 6.28.